The van der Waals surface area contributed by atoms with Gasteiger partial charge in [-0.15, -0.1) is 0 Å². The van der Waals surface area contributed by atoms with Gasteiger partial charge in [-0.25, -0.2) is 31.9 Å². The van der Waals surface area contributed by atoms with E-state index in [1.54, 1.807) is 24.3 Å². The third kappa shape index (κ3) is 4.68. The van der Waals surface area contributed by atoms with Gasteiger partial charge < -0.3 is 0 Å². The van der Waals surface area contributed by atoms with E-state index in [0.717, 1.165) is 0 Å². The lowest BCUT2D eigenvalue weighted by Gasteiger charge is -2.08. The third-order valence-electron chi connectivity index (χ3n) is 3.64. The molecule has 0 saturated carbocycles. The van der Waals surface area contributed by atoms with Crippen molar-refractivity contribution in [3.63, 3.8) is 0 Å². The second-order valence-electron chi connectivity index (χ2n) is 5.57. The average molecular weight is 375 g/mol. The maximum absolute atomic E-state index is 13.6. The fourth-order valence-electron chi connectivity index (χ4n) is 2.33. The molecule has 2 aromatic carbocycles. The van der Waals surface area contributed by atoms with E-state index in [4.69, 9.17) is 0 Å². The van der Waals surface area contributed by atoms with Crippen molar-refractivity contribution < 1.29 is 17.2 Å². The van der Waals surface area contributed by atoms with Crippen molar-refractivity contribution in [2.75, 3.05) is 0 Å². The van der Waals surface area contributed by atoms with Crippen LogP contribution in [0.2, 0.25) is 0 Å². The van der Waals surface area contributed by atoms with E-state index < -0.39 is 21.6 Å². The summed E-state index contributed by atoms with van der Waals surface area (Å²) in [6.45, 7) is -0.0620. The van der Waals surface area contributed by atoms with Crippen LogP contribution in [-0.2, 0) is 22.3 Å². The minimum Gasteiger partial charge on any atom is -0.240 e. The van der Waals surface area contributed by atoms with Gasteiger partial charge in [0.2, 0.25) is 10.0 Å². The number of benzene rings is 2. The van der Waals surface area contributed by atoms with Crippen molar-refractivity contribution in [1.82, 2.24) is 14.7 Å². The predicted molar refractivity (Wildman–Crippen MR) is 93.3 cm³/mol. The summed E-state index contributed by atoms with van der Waals surface area (Å²) >= 11 is 0. The lowest BCUT2D eigenvalue weighted by molar-refractivity contribution is 0.573. The van der Waals surface area contributed by atoms with Gasteiger partial charge >= 0.3 is 0 Å². The third-order valence-corrected chi connectivity index (χ3v) is 4.92. The van der Waals surface area contributed by atoms with Crippen LogP contribution in [0.5, 0.6) is 0 Å². The highest BCUT2D eigenvalue weighted by Crippen LogP contribution is 2.17. The zero-order valence-electron chi connectivity index (χ0n) is 13.6. The van der Waals surface area contributed by atoms with E-state index in [2.05, 4.69) is 14.7 Å². The molecule has 26 heavy (non-hydrogen) atoms. The van der Waals surface area contributed by atoms with Crippen molar-refractivity contribution in [3.8, 4) is 11.3 Å². The first-order chi connectivity index (χ1) is 12.4. The van der Waals surface area contributed by atoms with Gasteiger partial charge in [-0.05, 0) is 36.4 Å². The van der Waals surface area contributed by atoms with E-state index in [0.29, 0.717) is 17.0 Å². The zero-order valence-corrected chi connectivity index (χ0v) is 14.4. The number of sulfonamides is 1. The van der Waals surface area contributed by atoms with Gasteiger partial charge in [0.15, 0.2) is 0 Å². The van der Waals surface area contributed by atoms with Crippen molar-refractivity contribution in [2.45, 2.75) is 12.3 Å². The summed E-state index contributed by atoms with van der Waals surface area (Å²) in [7, 11) is -3.74. The minimum absolute atomic E-state index is 0.0620. The number of rotatable bonds is 6. The SMILES string of the molecule is O=S(=O)(Cc1ccccc1F)NCc1cc(-c2ccc(F)cc2)ncn1. The topological polar surface area (TPSA) is 72.0 Å². The highest BCUT2D eigenvalue weighted by atomic mass is 32.2. The molecule has 3 rings (SSSR count). The highest BCUT2D eigenvalue weighted by molar-refractivity contribution is 7.88. The van der Waals surface area contributed by atoms with Gasteiger partial charge in [-0.3, -0.25) is 0 Å². The molecule has 1 heterocycles. The molecule has 0 spiro atoms. The van der Waals surface area contributed by atoms with Gasteiger partial charge in [-0.1, -0.05) is 18.2 Å². The van der Waals surface area contributed by atoms with Crippen LogP contribution in [0.15, 0.2) is 60.9 Å². The Balaban J connectivity index is 1.70. The molecule has 134 valence electrons. The van der Waals surface area contributed by atoms with E-state index in [1.807, 2.05) is 0 Å². The van der Waals surface area contributed by atoms with Crippen molar-refractivity contribution in [1.29, 1.82) is 0 Å². The van der Waals surface area contributed by atoms with Crippen LogP contribution in [0.25, 0.3) is 11.3 Å². The molecule has 0 atom stereocenters. The zero-order chi connectivity index (χ0) is 18.6. The van der Waals surface area contributed by atoms with E-state index in [-0.39, 0.29) is 17.9 Å². The van der Waals surface area contributed by atoms with Crippen LogP contribution in [0, 0.1) is 11.6 Å². The Morgan fingerprint density at radius 3 is 2.42 bits per heavy atom. The molecular weight excluding hydrogens is 360 g/mol. The van der Waals surface area contributed by atoms with Crippen molar-refractivity contribution in [2.24, 2.45) is 0 Å². The number of nitrogens with one attached hydrogen (secondary N) is 1. The van der Waals surface area contributed by atoms with Crippen LogP contribution in [0.1, 0.15) is 11.3 Å². The van der Waals surface area contributed by atoms with Crippen LogP contribution in [0.4, 0.5) is 8.78 Å². The maximum Gasteiger partial charge on any atom is 0.216 e. The second-order valence-corrected chi connectivity index (χ2v) is 7.38. The largest absolute Gasteiger partial charge is 0.240 e. The Kier molecular flexibility index (Phi) is 5.34. The fraction of sp³-hybridized carbons (Fsp3) is 0.111. The molecule has 0 bridgehead atoms. The molecule has 1 aromatic heterocycles. The number of hydrogen-bond acceptors (Lipinski definition) is 4. The van der Waals surface area contributed by atoms with Gasteiger partial charge in [0.25, 0.3) is 0 Å². The molecule has 1 N–H and O–H groups in total. The lowest BCUT2D eigenvalue weighted by atomic mass is 10.1. The van der Waals surface area contributed by atoms with Crippen LogP contribution < -0.4 is 4.72 Å². The monoisotopic (exact) mass is 375 g/mol. The molecular formula is C18H15F2N3O2S. The molecule has 0 fully saturated rings. The predicted octanol–water partition coefficient (Wildman–Crippen LogP) is 3.04. The van der Waals surface area contributed by atoms with E-state index in [9.17, 15) is 17.2 Å². The first-order valence-electron chi connectivity index (χ1n) is 7.70. The minimum atomic E-state index is -3.74. The average Bonchev–Trinajstić information content (AvgIpc) is 2.63. The Labute approximate surface area is 149 Å². The fourth-order valence-corrected chi connectivity index (χ4v) is 3.44. The molecule has 0 aliphatic heterocycles. The summed E-state index contributed by atoms with van der Waals surface area (Å²) < 4.78 is 53.3. The van der Waals surface area contributed by atoms with Gasteiger partial charge in [-0.2, -0.15) is 0 Å². The normalized spacial score (nSPS) is 11.5. The summed E-state index contributed by atoms with van der Waals surface area (Å²) in [4.78, 5) is 8.13. The van der Waals surface area contributed by atoms with Crippen LogP contribution >= 0.6 is 0 Å². The van der Waals surface area contributed by atoms with Crippen molar-refractivity contribution >= 4 is 10.0 Å². The van der Waals surface area contributed by atoms with E-state index >= 15 is 0 Å². The molecule has 0 aliphatic rings. The van der Waals surface area contributed by atoms with E-state index in [1.165, 1.54) is 36.7 Å². The van der Waals surface area contributed by atoms with Gasteiger partial charge in [0, 0.05) is 11.1 Å². The number of nitrogens with zero attached hydrogens (tertiary/aromatic N) is 2. The molecule has 8 heteroatoms. The Morgan fingerprint density at radius 1 is 0.962 bits per heavy atom. The maximum atomic E-state index is 13.6. The number of aromatic nitrogens is 2. The highest BCUT2D eigenvalue weighted by Gasteiger charge is 2.14. The molecule has 0 radical (unpaired) electrons. The number of hydrogen-bond donors (Lipinski definition) is 1. The summed E-state index contributed by atoms with van der Waals surface area (Å²) in [6.07, 6.45) is 1.30. The summed E-state index contributed by atoms with van der Waals surface area (Å²) in [6, 6.07) is 13.1. The summed E-state index contributed by atoms with van der Waals surface area (Å²) in [5.41, 5.74) is 1.76. The first-order valence-corrected chi connectivity index (χ1v) is 9.36. The molecule has 0 saturated heterocycles. The molecule has 0 aliphatic carbocycles. The molecule has 0 unspecified atom stereocenters. The summed E-state index contributed by atoms with van der Waals surface area (Å²) in [5.74, 6) is -1.39. The summed E-state index contributed by atoms with van der Waals surface area (Å²) in [5, 5.41) is 0. The van der Waals surface area contributed by atoms with Crippen molar-refractivity contribution in [3.05, 3.63) is 83.8 Å². The second kappa shape index (κ2) is 7.67. The smallest absolute Gasteiger partial charge is 0.216 e. The number of halogens is 2. The van der Waals surface area contributed by atoms with Crippen LogP contribution in [-0.4, -0.2) is 18.4 Å². The first kappa shape index (κ1) is 18.1. The Morgan fingerprint density at radius 2 is 1.69 bits per heavy atom. The molecule has 3 aromatic rings. The standard InChI is InChI=1S/C18H15F2N3O2S/c19-15-7-5-13(6-8-15)18-9-16(21-12-22-18)10-23-26(24,25)11-14-3-1-2-4-17(14)20/h1-9,12,23H,10-11H2. The Bertz CT molecular complexity index is 1010. The Hall–Kier alpha value is -2.71. The van der Waals surface area contributed by atoms with Crippen LogP contribution in [0.3, 0.4) is 0 Å². The quantitative estimate of drug-likeness (QED) is 0.719. The van der Waals surface area contributed by atoms with Gasteiger partial charge in [0.05, 0.1) is 23.7 Å². The molecule has 5 nitrogen and oxygen atoms in total. The lowest BCUT2D eigenvalue weighted by Crippen LogP contribution is -2.25. The molecule has 0 amide bonds. The van der Waals surface area contributed by atoms with Gasteiger partial charge in [0.1, 0.15) is 18.0 Å².